The van der Waals surface area contributed by atoms with Crippen LogP contribution in [0.1, 0.15) is 5.56 Å². The number of nitrogens with one attached hydrogen (secondary N) is 1. The first-order chi connectivity index (χ1) is 9.10. The van der Waals surface area contributed by atoms with E-state index in [1.165, 1.54) is 0 Å². The Morgan fingerprint density at radius 1 is 1.37 bits per heavy atom. The Balaban J connectivity index is 2.26. The molecule has 6 heteroatoms. The summed E-state index contributed by atoms with van der Waals surface area (Å²) in [5, 5.41) is 3.17. The topological polar surface area (TPSA) is 60.2 Å². The molecule has 19 heavy (non-hydrogen) atoms. The summed E-state index contributed by atoms with van der Waals surface area (Å²) < 4.78 is 6.13. The van der Waals surface area contributed by atoms with Gasteiger partial charge in [-0.2, -0.15) is 0 Å². The molecule has 0 spiro atoms. The van der Waals surface area contributed by atoms with Crippen LogP contribution in [0.2, 0.25) is 0 Å². The monoisotopic (exact) mass is 337 g/mol. The number of pyridine rings is 1. The fraction of sp³-hybridized carbons (Fsp3) is 0.0769. The maximum atomic E-state index is 5.59. The molecule has 0 aliphatic heterocycles. The van der Waals surface area contributed by atoms with E-state index in [4.69, 9.17) is 22.7 Å². The van der Waals surface area contributed by atoms with Gasteiger partial charge in [0, 0.05) is 23.5 Å². The molecule has 0 saturated heterocycles. The third-order valence-electron chi connectivity index (χ3n) is 2.47. The maximum absolute atomic E-state index is 5.59. The highest BCUT2D eigenvalue weighted by Gasteiger charge is 2.04. The van der Waals surface area contributed by atoms with E-state index in [1.54, 1.807) is 25.4 Å². The summed E-state index contributed by atoms with van der Waals surface area (Å²) in [5.74, 6) is 1.42. The number of aromatic nitrogens is 1. The lowest BCUT2D eigenvalue weighted by molar-refractivity contribution is 0.412. The SMILES string of the molecule is COc1cc(Nc2cc(C(N)=S)ccn2)ccc1Br. The van der Waals surface area contributed by atoms with Crippen LogP contribution >= 0.6 is 28.1 Å². The third kappa shape index (κ3) is 3.42. The Morgan fingerprint density at radius 2 is 2.16 bits per heavy atom. The lowest BCUT2D eigenvalue weighted by Crippen LogP contribution is -2.09. The van der Waals surface area contributed by atoms with Crippen LogP contribution in [-0.4, -0.2) is 17.1 Å². The Kier molecular flexibility index (Phi) is 4.34. The number of hydrogen-bond donors (Lipinski definition) is 2. The van der Waals surface area contributed by atoms with Crippen LogP contribution < -0.4 is 15.8 Å². The van der Waals surface area contributed by atoms with Crippen molar-refractivity contribution in [2.45, 2.75) is 0 Å². The smallest absolute Gasteiger partial charge is 0.135 e. The third-order valence-corrected chi connectivity index (χ3v) is 3.36. The summed E-state index contributed by atoms with van der Waals surface area (Å²) >= 11 is 8.34. The molecule has 1 aromatic carbocycles. The van der Waals surface area contributed by atoms with Crippen molar-refractivity contribution in [2.24, 2.45) is 5.73 Å². The van der Waals surface area contributed by atoms with E-state index in [0.717, 1.165) is 21.5 Å². The van der Waals surface area contributed by atoms with Crippen LogP contribution in [-0.2, 0) is 0 Å². The number of halogens is 1. The fourth-order valence-electron chi connectivity index (χ4n) is 1.54. The van der Waals surface area contributed by atoms with E-state index in [0.29, 0.717) is 10.8 Å². The molecule has 0 bridgehead atoms. The first kappa shape index (κ1) is 13.8. The van der Waals surface area contributed by atoms with E-state index in [9.17, 15) is 0 Å². The van der Waals surface area contributed by atoms with Gasteiger partial charge in [0.15, 0.2) is 0 Å². The van der Waals surface area contributed by atoms with E-state index in [1.807, 2.05) is 18.2 Å². The molecular weight excluding hydrogens is 326 g/mol. The van der Waals surface area contributed by atoms with Gasteiger partial charge in [-0.1, -0.05) is 12.2 Å². The maximum Gasteiger partial charge on any atom is 0.135 e. The molecule has 0 unspecified atom stereocenters. The van der Waals surface area contributed by atoms with Gasteiger partial charge in [0.1, 0.15) is 16.6 Å². The van der Waals surface area contributed by atoms with Crippen molar-refractivity contribution in [1.29, 1.82) is 0 Å². The summed E-state index contributed by atoms with van der Waals surface area (Å²) in [5.41, 5.74) is 7.23. The average Bonchev–Trinajstić information content (AvgIpc) is 2.41. The minimum atomic E-state index is 0.346. The number of nitrogens with two attached hydrogens (primary N) is 1. The van der Waals surface area contributed by atoms with Crippen LogP contribution in [0.25, 0.3) is 0 Å². The quantitative estimate of drug-likeness (QED) is 0.838. The largest absolute Gasteiger partial charge is 0.495 e. The first-order valence-electron chi connectivity index (χ1n) is 5.46. The van der Waals surface area contributed by atoms with E-state index < -0.39 is 0 Å². The lowest BCUT2D eigenvalue weighted by atomic mass is 10.2. The van der Waals surface area contributed by atoms with Crippen LogP contribution in [0.3, 0.4) is 0 Å². The Bertz CT molecular complexity index is 619. The van der Waals surface area contributed by atoms with Gasteiger partial charge in [0.05, 0.1) is 11.6 Å². The summed E-state index contributed by atoms with van der Waals surface area (Å²) in [6.07, 6.45) is 1.66. The van der Waals surface area contributed by atoms with Gasteiger partial charge in [-0.05, 0) is 40.2 Å². The van der Waals surface area contributed by atoms with Gasteiger partial charge < -0.3 is 15.8 Å². The number of thiocarbonyl (C=S) groups is 1. The van der Waals surface area contributed by atoms with Crippen molar-refractivity contribution in [3.8, 4) is 5.75 Å². The van der Waals surface area contributed by atoms with Crippen LogP contribution in [0, 0.1) is 0 Å². The second kappa shape index (κ2) is 5.99. The highest BCUT2D eigenvalue weighted by Crippen LogP contribution is 2.29. The zero-order chi connectivity index (χ0) is 13.8. The number of anilines is 2. The second-order valence-corrected chi connectivity index (χ2v) is 5.06. The molecule has 98 valence electrons. The van der Waals surface area contributed by atoms with Gasteiger partial charge in [0.25, 0.3) is 0 Å². The number of methoxy groups -OCH3 is 1. The van der Waals surface area contributed by atoms with Crippen molar-refractivity contribution in [1.82, 2.24) is 4.98 Å². The standard InChI is InChI=1S/C13H12BrN3OS/c1-18-11-7-9(2-3-10(11)14)17-12-6-8(13(15)19)4-5-16-12/h2-7H,1H3,(H2,15,19)(H,16,17). The summed E-state index contributed by atoms with van der Waals surface area (Å²) in [4.78, 5) is 4.56. The highest BCUT2D eigenvalue weighted by atomic mass is 79.9. The molecule has 0 aliphatic carbocycles. The zero-order valence-corrected chi connectivity index (χ0v) is 12.6. The van der Waals surface area contributed by atoms with E-state index in [2.05, 4.69) is 26.2 Å². The van der Waals surface area contributed by atoms with Gasteiger partial charge in [-0.25, -0.2) is 4.98 Å². The van der Waals surface area contributed by atoms with Crippen molar-refractivity contribution < 1.29 is 4.74 Å². The highest BCUT2D eigenvalue weighted by molar-refractivity contribution is 9.10. The van der Waals surface area contributed by atoms with Gasteiger partial charge in [-0.3, -0.25) is 0 Å². The minimum Gasteiger partial charge on any atom is -0.495 e. The van der Waals surface area contributed by atoms with E-state index >= 15 is 0 Å². The summed E-state index contributed by atoms with van der Waals surface area (Å²) in [7, 11) is 1.62. The Labute approximate surface area is 125 Å². The van der Waals surface area contributed by atoms with Crippen molar-refractivity contribution >= 4 is 44.6 Å². The summed E-state index contributed by atoms with van der Waals surface area (Å²) in [6.45, 7) is 0. The molecule has 1 heterocycles. The minimum absolute atomic E-state index is 0.346. The van der Waals surface area contributed by atoms with E-state index in [-0.39, 0.29) is 0 Å². The van der Waals surface area contributed by atoms with Crippen molar-refractivity contribution in [2.75, 3.05) is 12.4 Å². The molecular formula is C13H12BrN3OS. The molecule has 3 N–H and O–H groups in total. The summed E-state index contributed by atoms with van der Waals surface area (Å²) in [6, 6.07) is 9.27. The second-order valence-electron chi connectivity index (χ2n) is 3.77. The average molecular weight is 338 g/mol. The molecule has 1 aromatic heterocycles. The van der Waals surface area contributed by atoms with Gasteiger partial charge in [-0.15, -0.1) is 0 Å². The van der Waals surface area contributed by atoms with Gasteiger partial charge >= 0.3 is 0 Å². The first-order valence-corrected chi connectivity index (χ1v) is 6.66. The van der Waals surface area contributed by atoms with Crippen molar-refractivity contribution in [3.63, 3.8) is 0 Å². The molecule has 0 aliphatic rings. The number of ether oxygens (including phenoxy) is 1. The molecule has 0 amide bonds. The van der Waals surface area contributed by atoms with Crippen LogP contribution in [0.15, 0.2) is 41.0 Å². The number of hydrogen-bond acceptors (Lipinski definition) is 4. The fourth-order valence-corrected chi connectivity index (χ4v) is 2.07. The molecule has 0 fully saturated rings. The molecule has 2 rings (SSSR count). The molecule has 4 nitrogen and oxygen atoms in total. The zero-order valence-electron chi connectivity index (χ0n) is 10.2. The number of rotatable bonds is 4. The molecule has 0 saturated carbocycles. The number of nitrogens with zero attached hydrogens (tertiary/aromatic N) is 1. The normalized spacial score (nSPS) is 10.0. The van der Waals surface area contributed by atoms with Crippen molar-refractivity contribution in [3.05, 3.63) is 46.6 Å². The van der Waals surface area contributed by atoms with Gasteiger partial charge in [0.2, 0.25) is 0 Å². The molecule has 0 radical (unpaired) electrons. The molecule has 0 atom stereocenters. The predicted molar refractivity (Wildman–Crippen MR) is 84.1 cm³/mol. The Morgan fingerprint density at radius 3 is 2.84 bits per heavy atom. The molecule has 2 aromatic rings. The van der Waals surface area contributed by atoms with Crippen LogP contribution in [0.5, 0.6) is 5.75 Å². The lowest BCUT2D eigenvalue weighted by Gasteiger charge is -2.09. The Hall–Kier alpha value is -1.66. The van der Waals surface area contributed by atoms with Crippen LogP contribution in [0.4, 0.5) is 11.5 Å². The number of benzene rings is 1. The predicted octanol–water partition coefficient (Wildman–Crippen LogP) is 3.23.